The number of anilines is 1. The van der Waals surface area contributed by atoms with Gasteiger partial charge in [0.05, 0.1) is 0 Å². The fraction of sp³-hybridized carbons (Fsp3) is 0.286. The summed E-state index contributed by atoms with van der Waals surface area (Å²) in [6.45, 7) is 2.03. The van der Waals surface area contributed by atoms with Crippen molar-refractivity contribution in [2.75, 3.05) is 5.32 Å². The van der Waals surface area contributed by atoms with Gasteiger partial charge in [0.25, 0.3) is 0 Å². The lowest BCUT2D eigenvalue weighted by molar-refractivity contribution is -0.131. The molecular formula is C14H17NO3. The SMILES string of the molecule is CCCCC(=O)Nc1cccc(/C=C/C(=O)O)c1. The third kappa shape index (κ3) is 5.30. The fourth-order valence-corrected chi connectivity index (χ4v) is 1.45. The molecule has 0 atom stereocenters. The van der Waals surface area contributed by atoms with E-state index in [1.807, 2.05) is 6.92 Å². The van der Waals surface area contributed by atoms with Crippen LogP contribution >= 0.6 is 0 Å². The summed E-state index contributed by atoms with van der Waals surface area (Å²) in [5, 5.41) is 11.3. The molecule has 0 heterocycles. The van der Waals surface area contributed by atoms with Gasteiger partial charge in [0.1, 0.15) is 0 Å². The lowest BCUT2D eigenvalue weighted by Gasteiger charge is -2.05. The van der Waals surface area contributed by atoms with Gasteiger partial charge in [0.2, 0.25) is 5.91 Å². The van der Waals surface area contributed by atoms with Gasteiger partial charge in [-0.1, -0.05) is 25.5 Å². The number of benzene rings is 1. The molecule has 1 aromatic rings. The highest BCUT2D eigenvalue weighted by Crippen LogP contribution is 2.12. The van der Waals surface area contributed by atoms with Gasteiger partial charge in [0.15, 0.2) is 0 Å². The Labute approximate surface area is 106 Å². The lowest BCUT2D eigenvalue weighted by Crippen LogP contribution is -2.10. The molecule has 4 nitrogen and oxygen atoms in total. The minimum Gasteiger partial charge on any atom is -0.478 e. The summed E-state index contributed by atoms with van der Waals surface area (Å²) < 4.78 is 0. The maximum atomic E-state index is 11.5. The molecule has 0 aromatic heterocycles. The fourth-order valence-electron chi connectivity index (χ4n) is 1.45. The van der Waals surface area contributed by atoms with Crippen LogP contribution in [0.4, 0.5) is 5.69 Å². The second-order valence-electron chi connectivity index (χ2n) is 3.95. The molecule has 0 saturated carbocycles. The molecule has 0 aliphatic heterocycles. The van der Waals surface area contributed by atoms with Crippen molar-refractivity contribution in [1.82, 2.24) is 0 Å². The van der Waals surface area contributed by atoms with Gasteiger partial charge in [-0.2, -0.15) is 0 Å². The zero-order valence-electron chi connectivity index (χ0n) is 10.3. The maximum Gasteiger partial charge on any atom is 0.328 e. The van der Waals surface area contributed by atoms with Gasteiger partial charge in [-0.05, 0) is 30.2 Å². The second kappa shape index (κ2) is 7.27. The quantitative estimate of drug-likeness (QED) is 0.759. The van der Waals surface area contributed by atoms with E-state index in [9.17, 15) is 9.59 Å². The summed E-state index contributed by atoms with van der Waals surface area (Å²) in [5.74, 6) is -1.01. The number of carboxylic acid groups (broad SMARTS) is 1. The van der Waals surface area contributed by atoms with Crippen molar-refractivity contribution in [2.45, 2.75) is 26.2 Å². The molecule has 0 bridgehead atoms. The number of nitrogens with one attached hydrogen (secondary N) is 1. The minimum absolute atomic E-state index is 0.0174. The van der Waals surface area contributed by atoms with Crippen LogP contribution in [-0.2, 0) is 9.59 Å². The van der Waals surface area contributed by atoms with Crippen LogP contribution in [0.15, 0.2) is 30.3 Å². The van der Waals surface area contributed by atoms with Crippen LogP contribution in [0.3, 0.4) is 0 Å². The molecular weight excluding hydrogens is 230 g/mol. The monoisotopic (exact) mass is 247 g/mol. The van der Waals surface area contributed by atoms with E-state index in [1.54, 1.807) is 24.3 Å². The van der Waals surface area contributed by atoms with Crippen LogP contribution in [0.1, 0.15) is 31.7 Å². The number of rotatable bonds is 6. The Kier molecular flexibility index (Phi) is 5.64. The number of amides is 1. The van der Waals surface area contributed by atoms with Gasteiger partial charge in [-0.15, -0.1) is 0 Å². The van der Waals surface area contributed by atoms with Crippen molar-refractivity contribution in [1.29, 1.82) is 0 Å². The zero-order chi connectivity index (χ0) is 13.4. The molecule has 18 heavy (non-hydrogen) atoms. The highest BCUT2D eigenvalue weighted by molar-refractivity contribution is 5.91. The molecule has 4 heteroatoms. The third-order valence-corrected chi connectivity index (χ3v) is 2.35. The molecule has 1 amide bonds. The van der Waals surface area contributed by atoms with Gasteiger partial charge in [0, 0.05) is 18.2 Å². The van der Waals surface area contributed by atoms with Gasteiger partial charge in [-0.25, -0.2) is 4.79 Å². The summed E-state index contributed by atoms with van der Waals surface area (Å²) in [5.41, 5.74) is 1.43. The average Bonchev–Trinajstić information content (AvgIpc) is 2.34. The van der Waals surface area contributed by atoms with Crippen LogP contribution in [0.2, 0.25) is 0 Å². The van der Waals surface area contributed by atoms with Crippen molar-refractivity contribution in [2.24, 2.45) is 0 Å². The van der Waals surface area contributed by atoms with E-state index in [-0.39, 0.29) is 5.91 Å². The van der Waals surface area contributed by atoms with E-state index in [4.69, 9.17) is 5.11 Å². The minimum atomic E-state index is -0.993. The molecule has 2 N–H and O–H groups in total. The maximum absolute atomic E-state index is 11.5. The smallest absolute Gasteiger partial charge is 0.328 e. The molecule has 1 aromatic carbocycles. The van der Waals surface area contributed by atoms with Crippen molar-refractivity contribution >= 4 is 23.6 Å². The van der Waals surface area contributed by atoms with E-state index in [0.717, 1.165) is 24.5 Å². The Hall–Kier alpha value is -2.10. The first-order valence-electron chi connectivity index (χ1n) is 5.92. The largest absolute Gasteiger partial charge is 0.478 e. The average molecular weight is 247 g/mol. The van der Waals surface area contributed by atoms with E-state index in [2.05, 4.69) is 5.32 Å². The van der Waals surface area contributed by atoms with Crippen molar-refractivity contribution < 1.29 is 14.7 Å². The predicted octanol–water partition coefficient (Wildman–Crippen LogP) is 2.91. The molecule has 0 aliphatic carbocycles. The number of carbonyl (C=O) groups excluding carboxylic acids is 1. The van der Waals surface area contributed by atoms with E-state index >= 15 is 0 Å². The van der Waals surface area contributed by atoms with Crippen molar-refractivity contribution in [3.05, 3.63) is 35.9 Å². The first-order valence-corrected chi connectivity index (χ1v) is 5.92. The highest BCUT2D eigenvalue weighted by Gasteiger charge is 2.01. The highest BCUT2D eigenvalue weighted by atomic mass is 16.4. The second-order valence-corrected chi connectivity index (χ2v) is 3.95. The first kappa shape index (κ1) is 14.0. The third-order valence-electron chi connectivity index (χ3n) is 2.35. The number of hydrogen-bond donors (Lipinski definition) is 2. The van der Waals surface area contributed by atoms with Gasteiger partial charge in [-0.3, -0.25) is 4.79 Å². The number of aliphatic carboxylic acids is 1. The van der Waals surface area contributed by atoms with Crippen LogP contribution in [0, 0.1) is 0 Å². The molecule has 96 valence electrons. The molecule has 0 spiro atoms. The van der Waals surface area contributed by atoms with Crippen LogP contribution in [0.25, 0.3) is 6.08 Å². The summed E-state index contributed by atoms with van der Waals surface area (Å²) in [6, 6.07) is 7.07. The van der Waals surface area contributed by atoms with Crippen molar-refractivity contribution in [3.63, 3.8) is 0 Å². The normalized spacial score (nSPS) is 10.5. The summed E-state index contributed by atoms with van der Waals surface area (Å²) in [7, 11) is 0. The van der Waals surface area contributed by atoms with Crippen LogP contribution in [-0.4, -0.2) is 17.0 Å². The lowest BCUT2D eigenvalue weighted by atomic mass is 10.2. The van der Waals surface area contributed by atoms with Crippen molar-refractivity contribution in [3.8, 4) is 0 Å². The first-order chi connectivity index (χ1) is 8.61. The van der Waals surface area contributed by atoms with E-state index in [0.29, 0.717) is 12.1 Å². The topological polar surface area (TPSA) is 66.4 Å². The molecule has 0 aliphatic rings. The van der Waals surface area contributed by atoms with Crippen LogP contribution in [0.5, 0.6) is 0 Å². The Bertz CT molecular complexity index is 452. The molecule has 0 fully saturated rings. The Morgan fingerprint density at radius 2 is 2.17 bits per heavy atom. The molecule has 0 saturated heterocycles. The molecule has 0 radical (unpaired) electrons. The number of unbranched alkanes of at least 4 members (excludes halogenated alkanes) is 1. The van der Waals surface area contributed by atoms with Gasteiger partial charge >= 0.3 is 5.97 Å². The summed E-state index contributed by atoms with van der Waals surface area (Å²) in [4.78, 5) is 21.9. The molecule has 0 unspecified atom stereocenters. The van der Waals surface area contributed by atoms with E-state index in [1.165, 1.54) is 6.08 Å². The number of carbonyl (C=O) groups is 2. The number of hydrogen-bond acceptors (Lipinski definition) is 2. The van der Waals surface area contributed by atoms with E-state index < -0.39 is 5.97 Å². The number of carboxylic acids is 1. The Balaban J connectivity index is 2.64. The van der Waals surface area contributed by atoms with Crippen LogP contribution < -0.4 is 5.32 Å². The van der Waals surface area contributed by atoms with Gasteiger partial charge < -0.3 is 10.4 Å². The standard InChI is InChI=1S/C14H17NO3/c1-2-3-7-13(16)15-12-6-4-5-11(10-12)8-9-14(17)18/h4-6,8-10H,2-3,7H2,1H3,(H,15,16)(H,17,18)/b9-8+. The zero-order valence-corrected chi connectivity index (χ0v) is 10.3. The Morgan fingerprint density at radius 3 is 2.83 bits per heavy atom. The molecule has 1 rings (SSSR count). The predicted molar refractivity (Wildman–Crippen MR) is 71.3 cm³/mol. The summed E-state index contributed by atoms with van der Waals surface area (Å²) in [6.07, 6.45) is 4.91. The Morgan fingerprint density at radius 1 is 1.39 bits per heavy atom. The summed E-state index contributed by atoms with van der Waals surface area (Å²) >= 11 is 0.